The number of carbonyl (C=O) groups is 1. The number of thioether (sulfide) groups is 1. The third-order valence-electron chi connectivity index (χ3n) is 4.05. The van der Waals surface area contributed by atoms with Gasteiger partial charge < -0.3 is 9.94 Å². The summed E-state index contributed by atoms with van der Waals surface area (Å²) in [6, 6.07) is 2.19. The molecule has 0 heterocycles. The van der Waals surface area contributed by atoms with Crippen molar-refractivity contribution in [2.75, 3.05) is 12.4 Å². The molecule has 0 saturated carbocycles. The van der Waals surface area contributed by atoms with Crippen molar-refractivity contribution in [3.63, 3.8) is 0 Å². The van der Waals surface area contributed by atoms with E-state index in [4.69, 9.17) is 4.84 Å². The van der Waals surface area contributed by atoms with Crippen LogP contribution in [0.25, 0.3) is 0 Å². The maximum atomic E-state index is 12.6. The molecule has 134 valence electrons. The Morgan fingerprint density at radius 3 is 2.75 bits per heavy atom. The summed E-state index contributed by atoms with van der Waals surface area (Å²) in [6.45, 7) is 8.37. The molecule has 0 aromatic carbocycles. The maximum absolute atomic E-state index is 12.6. The number of ketones is 1. The standard InChI is InChI=1S/C18H28N2O3S/c1-5-8-15(20-23-6-2)17-16(21)10-13(9-12(4)24-7-3)14(11-19)18(17)22/h12-14,22H,5-10H2,1-4H3/b20-15-. The first-order valence-electron chi connectivity index (χ1n) is 8.66. The van der Waals surface area contributed by atoms with Gasteiger partial charge in [-0.1, -0.05) is 32.3 Å². The van der Waals surface area contributed by atoms with Crippen LogP contribution in [0.15, 0.2) is 16.5 Å². The van der Waals surface area contributed by atoms with Gasteiger partial charge in [0.1, 0.15) is 18.3 Å². The van der Waals surface area contributed by atoms with Crippen molar-refractivity contribution in [2.24, 2.45) is 17.0 Å². The number of rotatable bonds is 9. The monoisotopic (exact) mass is 352 g/mol. The molecule has 1 rings (SSSR count). The lowest BCUT2D eigenvalue weighted by molar-refractivity contribution is -0.117. The largest absolute Gasteiger partial charge is 0.510 e. The van der Waals surface area contributed by atoms with Gasteiger partial charge in [0.2, 0.25) is 0 Å². The molecule has 5 nitrogen and oxygen atoms in total. The van der Waals surface area contributed by atoms with Crippen LogP contribution in [0.2, 0.25) is 0 Å². The number of allylic oxidation sites excluding steroid dienone is 2. The van der Waals surface area contributed by atoms with E-state index >= 15 is 0 Å². The van der Waals surface area contributed by atoms with Crippen LogP contribution in [0, 0.1) is 23.2 Å². The zero-order valence-electron chi connectivity index (χ0n) is 15.0. The molecule has 3 atom stereocenters. The Kier molecular flexibility index (Phi) is 8.91. The molecule has 6 heteroatoms. The van der Waals surface area contributed by atoms with Gasteiger partial charge in [-0.25, -0.2) is 0 Å². The maximum Gasteiger partial charge on any atom is 0.168 e. The number of carbonyl (C=O) groups excluding carboxylic acids is 1. The molecule has 0 aromatic heterocycles. The van der Waals surface area contributed by atoms with Crippen molar-refractivity contribution >= 4 is 23.3 Å². The first-order chi connectivity index (χ1) is 11.5. The van der Waals surface area contributed by atoms with E-state index in [2.05, 4.69) is 25.1 Å². The molecule has 0 radical (unpaired) electrons. The Labute approximate surface area is 149 Å². The second-order valence-corrected chi connectivity index (χ2v) is 7.68. The average Bonchev–Trinajstić information content (AvgIpc) is 2.52. The molecule has 0 saturated heterocycles. The molecule has 1 aliphatic rings. The van der Waals surface area contributed by atoms with E-state index in [0.29, 0.717) is 24.0 Å². The molecule has 1 aliphatic carbocycles. The van der Waals surface area contributed by atoms with Crippen molar-refractivity contribution in [3.05, 3.63) is 11.3 Å². The lowest BCUT2D eigenvalue weighted by Gasteiger charge is -2.29. The zero-order chi connectivity index (χ0) is 18.1. The molecule has 0 bridgehead atoms. The first kappa shape index (κ1) is 20.6. The second kappa shape index (κ2) is 10.4. The molecular weight excluding hydrogens is 324 g/mol. The fraction of sp³-hybridized carbons (Fsp3) is 0.722. The predicted molar refractivity (Wildman–Crippen MR) is 98.1 cm³/mol. The highest BCUT2D eigenvalue weighted by atomic mass is 32.2. The first-order valence-corrected chi connectivity index (χ1v) is 9.71. The Balaban J connectivity index is 3.13. The quantitative estimate of drug-likeness (QED) is 0.495. The second-order valence-electron chi connectivity index (χ2n) is 5.96. The Morgan fingerprint density at radius 2 is 2.21 bits per heavy atom. The number of Topliss-reactive ketones (excluding diaryl/α,β-unsaturated/α-hetero) is 1. The number of hydrogen-bond donors (Lipinski definition) is 1. The minimum Gasteiger partial charge on any atom is -0.510 e. The molecular formula is C18H28N2O3S. The van der Waals surface area contributed by atoms with Gasteiger partial charge in [0, 0.05) is 11.7 Å². The van der Waals surface area contributed by atoms with Crippen LogP contribution in [-0.2, 0) is 9.63 Å². The van der Waals surface area contributed by atoms with Gasteiger partial charge >= 0.3 is 0 Å². The Morgan fingerprint density at radius 1 is 1.50 bits per heavy atom. The van der Waals surface area contributed by atoms with E-state index in [1.54, 1.807) is 11.8 Å². The van der Waals surface area contributed by atoms with Gasteiger partial charge in [-0.2, -0.15) is 17.0 Å². The summed E-state index contributed by atoms with van der Waals surface area (Å²) < 4.78 is 0. The summed E-state index contributed by atoms with van der Waals surface area (Å²) in [7, 11) is 0. The minimum atomic E-state index is -0.652. The fourth-order valence-electron chi connectivity index (χ4n) is 3.05. The number of aliphatic hydroxyl groups excluding tert-OH is 1. The molecule has 1 N–H and O–H groups in total. The summed E-state index contributed by atoms with van der Waals surface area (Å²) in [5, 5.41) is 24.5. The van der Waals surface area contributed by atoms with E-state index in [1.807, 2.05) is 13.8 Å². The van der Waals surface area contributed by atoms with E-state index in [-0.39, 0.29) is 29.5 Å². The number of nitriles is 1. The van der Waals surface area contributed by atoms with Crippen LogP contribution < -0.4 is 0 Å². The van der Waals surface area contributed by atoms with Gasteiger partial charge in [0.05, 0.1) is 17.4 Å². The van der Waals surface area contributed by atoms with Crippen LogP contribution >= 0.6 is 11.8 Å². The molecule has 3 unspecified atom stereocenters. The van der Waals surface area contributed by atoms with Crippen molar-refractivity contribution in [3.8, 4) is 6.07 Å². The third kappa shape index (κ3) is 5.27. The number of nitrogens with zero attached hydrogens (tertiary/aromatic N) is 2. The van der Waals surface area contributed by atoms with Gasteiger partial charge in [-0.15, -0.1) is 0 Å². The summed E-state index contributed by atoms with van der Waals surface area (Å²) in [5.41, 5.74) is 0.653. The molecule has 0 aromatic rings. The van der Waals surface area contributed by atoms with Crippen molar-refractivity contribution in [2.45, 2.75) is 58.6 Å². The summed E-state index contributed by atoms with van der Waals surface area (Å²) in [4.78, 5) is 17.7. The van der Waals surface area contributed by atoms with Crippen molar-refractivity contribution in [1.29, 1.82) is 5.26 Å². The average molecular weight is 353 g/mol. The van der Waals surface area contributed by atoms with Gasteiger partial charge in [0.25, 0.3) is 0 Å². The predicted octanol–water partition coefficient (Wildman–Crippen LogP) is 4.25. The Hall–Kier alpha value is -1.48. The minimum absolute atomic E-state index is 0.126. The normalized spacial score (nSPS) is 23.1. The van der Waals surface area contributed by atoms with E-state index in [9.17, 15) is 15.2 Å². The molecule has 0 spiro atoms. The van der Waals surface area contributed by atoms with Crippen LogP contribution in [0.4, 0.5) is 0 Å². The number of oxime groups is 1. The van der Waals surface area contributed by atoms with Gasteiger partial charge in [0.15, 0.2) is 5.78 Å². The van der Waals surface area contributed by atoms with Crippen LogP contribution in [0.5, 0.6) is 0 Å². The molecule has 24 heavy (non-hydrogen) atoms. The smallest absolute Gasteiger partial charge is 0.168 e. The Bertz CT molecular complexity index is 537. The van der Waals surface area contributed by atoms with E-state index < -0.39 is 5.92 Å². The summed E-state index contributed by atoms with van der Waals surface area (Å²) in [5.74, 6) is -0.0612. The summed E-state index contributed by atoms with van der Waals surface area (Å²) in [6.07, 6.45) is 2.34. The highest BCUT2D eigenvalue weighted by Gasteiger charge is 2.39. The van der Waals surface area contributed by atoms with Crippen LogP contribution in [0.3, 0.4) is 0 Å². The van der Waals surface area contributed by atoms with Gasteiger partial charge in [-0.3, -0.25) is 4.79 Å². The lowest BCUT2D eigenvalue weighted by Crippen LogP contribution is -2.32. The summed E-state index contributed by atoms with van der Waals surface area (Å²) >= 11 is 1.80. The molecule has 0 fully saturated rings. The van der Waals surface area contributed by atoms with Crippen molar-refractivity contribution < 1.29 is 14.7 Å². The highest BCUT2D eigenvalue weighted by Crippen LogP contribution is 2.37. The van der Waals surface area contributed by atoms with Gasteiger partial charge in [-0.05, 0) is 31.4 Å². The zero-order valence-corrected chi connectivity index (χ0v) is 15.9. The fourth-order valence-corrected chi connectivity index (χ4v) is 4.00. The van der Waals surface area contributed by atoms with E-state index in [0.717, 1.165) is 18.6 Å². The number of hydrogen-bond acceptors (Lipinski definition) is 6. The molecule has 0 aliphatic heterocycles. The third-order valence-corrected chi connectivity index (χ3v) is 5.15. The van der Waals surface area contributed by atoms with Crippen LogP contribution in [-0.4, -0.2) is 34.2 Å². The highest BCUT2D eigenvalue weighted by molar-refractivity contribution is 7.99. The molecule has 0 amide bonds. The van der Waals surface area contributed by atoms with Crippen molar-refractivity contribution in [1.82, 2.24) is 0 Å². The number of aliphatic hydroxyl groups is 1. The van der Waals surface area contributed by atoms with E-state index in [1.165, 1.54) is 0 Å². The SMILES string of the molecule is CCC/C(=N/OCC)C1=C(O)C(C#N)C(CC(C)SCC)CC1=O. The topological polar surface area (TPSA) is 82.7 Å². The lowest BCUT2D eigenvalue weighted by atomic mass is 9.75. The van der Waals surface area contributed by atoms with Crippen LogP contribution in [0.1, 0.15) is 53.4 Å².